The van der Waals surface area contributed by atoms with Gasteiger partial charge in [0, 0.05) is 43.8 Å². The molecule has 160 valence electrons. The number of aliphatic hydroxyl groups excluding tert-OH is 1. The number of allylic oxidation sites excluding steroid dienone is 2. The van der Waals surface area contributed by atoms with Gasteiger partial charge in [-0.25, -0.2) is 4.98 Å². The van der Waals surface area contributed by atoms with Gasteiger partial charge in [-0.3, -0.25) is 19.0 Å². The van der Waals surface area contributed by atoms with Crippen molar-refractivity contribution in [3.63, 3.8) is 0 Å². The molecule has 0 bridgehead atoms. The van der Waals surface area contributed by atoms with Gasteiger partial charge in [-0.05, 0) is 32.1 Å². The van der Waals surface area contributed by atoms with E-state index in [0.29, 0.717) is 45.3 Å². The van der Waals surface area contributed by atoms with E-state index < -0.39 is 22.9 Å². The number of hydrogen-bond acceptors (Lipinski definition) is 7. The third-order valence-corrected chi connectivity index (χ3v) is 6.72. The average Bonchev–Trinajstić information content (AvgIpc) is 3.48. The number of aromatic nitrogens is 2. The maximum Gasteiger partial charge on any atom is 0.265 e. The molecule has 2 heterocycles. The average molecular weight is 414 g/mol. The minimum absolute atomic E-state index is 0.0867. The minimum Gasteiger partial charge on any atom is -0.511 e. The molecule has 4 aliphatic rings. The Morgan fingerprint density at radius 2 is 1.80 bits per heavy atom. The number of nitrogens with zero attached hydrogens (tertiary/aromatic N) is 2. The molecule has 1 aromatic heterocycles. The molecule has 3 fully saturated rings. The molecule has 5 rings (SSSR count). The second-order valence-corrected chi connectivity index (χ2v) is 8.75. The van der Waals surface area contributed by atoms with Crippen LogP contribution < -0.4 is 5.56 Å². The molecule has 3 aliphatic carbocycles. The van der Waals surface area contributed by atoms with Crippen LogP contribution in [-0.4, -0.2) is 45.2 Å². The van der Waals surface area contributed by atoms with Gasteiger partial charge in [0.15, 0.2) is 11.6 Å². The summed E-state index contributed by atoms with van der Waals surface area (Å²) in [4.78, 5) is 43.2. The highest BCUT2D eigenvalue weighted by Crippen LogP contribution is 2.43. The predicted octanol–water partition coefficient (Wildman–Crippen LogP) is 2.73. The van der Waals surface area contributed by atoms with Crippen LogP contribution in [0.25, 0.3) is 0 Å². The zero-order valence-electron chi connectivity index (χ0n) is 16.9. The molecular formula is C22H26N2O6. The van der Waals surface area contributed by atoms with Crippen molar-refractivity contribution < 1.29 is 24.2 Å². The number of aliphatic hydroxyl groups is 1. The topological polar surface area (TPSA) is 108 Å². The zero-order valence-corrected chi connectivity index (χ0v) is 16.9. The Bertz CT molecular complexity index is 974. The summed E-state index contributed by atoms with van der Waals surface area (Å²) >= 11 is 0. The van der Waals surface area contributed by atoms with Gasteiger partial charge in [-0.2, -0.15) is 0 Å². The monoisotopic (exact) mass is 414 g/mol. The number of rotatable bonds is 4. The van der Waals surface area contributed by atoms with E-state index in [-0.39, 0.29) is 41.7 Å². The Labute approximate surface area is 173 Å². The molecule has 0 amide bonds. The normalized spacial score (nSPS) is 24.6. The Balaban J connectivity index is 1.50. The van der Waals surface area contributed by atoms with Gasteiger partial charge < -0.3 is 14.6 Å². The van der Waals surface area contributed by atoms with E-state index in [9.17, 15) is 19.5 Å². The number of carbonyl (C=O) groups is 2. The fourth-order valence-electron chi connectivity index (χ4n) is 4.94. The maximum absolute atomic E-state index is 13.5. The van der Waals surface area contributed by atoms with E-state index in [1.807, 2.05) is 0 Å². The Morgan fingerprint density at radius 1 is 1.10 bits per heavy atom. The molecule has 2 saturated carbocycles. The third-order valence-electron chi connectivity index (χ3n) is 6.72. The van der Waals surface area contributed by atoms with E-state index in [2.05, 4.69) is 4.98 Å². The zero-order chi connectivity index (χ0) is 20.9. The molecular weight excluding hydrogens is 388 g/mol. The third kappa shape index (κ3) is 3.32. The highest BCUT2D eigenvalue weighted by molar-refractivity contribution is 6.26. The number of ketones is 2. The van der Waals surface area contributed by atoms with Gasteiger partial charge in [0.1, 0.15) is 22.7 Å². The van der Waals surface area contributed by atoms with Crippen molar-refractivity contribution in [2.24, 2.45) is 0 Å². The highest BCUT2D eigenvalue weighted by atomic mass is 16.7. The second kappa shape index (κ2) is 7.42. The van der Waals surface area contributed by atoms with Crippen LogP contribution in [0.15, 0.2) is 22.3 Å². The van der Waals surface area contributed by atoms with Crippen LogP contribution in [0.4, 0.5) is 0 Å². The van der Waals surface area contributed by atoms with Crippen LogP contribution in [0, 0.1) is 0 Å². The van der Waals surface area contributed by atoms with E-state index in [0.717, 1.165) is 18.7 Å². The molecule has 1 N–H and O–H groups in total. The van der Waals surface area contributed by atoms with Gasteiger partial charge in [-0.15, -0.1) is 0 Å². The fourth-order valence-corrected chi connectivity index (χ4v) is 4.94. The molecule has 1 spiro atoms. The second-order valence-electron chi connectivity index (χ2n) is 8.75. The van der Waals surface area contributed by atoms with Crippen molar-refractivity contribution in [1.82, 2.24) is 9.55 Å². The van der Waals surface area contributed by atoms with Crippen molar-refractivity contribution in [2.45, 2.75) is 75.5 Å². The van der Waals surface area contributed by atoms with E-state index in [1.165, 1.54) is 6.20 Å². The lowest BCUT2D eigenvalue weighted by Crippen LogP contribution is -2.40. The first-order chi connectivity index (χ1) is 14.5. The van der Waals surface area contributed by atoms with Crippen LogP contribution in [0.1, 0.15) is 85.9 Å². The van der Waals surface area contributed by atoms with Gasteiger partial charge >= 0.3 is 0 Å². The Kier molecular flexibility index (Phi) is 4.86. The van der Waals surface area contributed by atoms with Gasteiger partial charge in [0.05, 0.1) is 13.2 Å². The molecule has 0 aromatic carbocycles. The van der Waals surface area contributed by atoms with Gasteiger partial charge in [0.2, 0.25) is 5.78 Å². The molecule has 1 aliphatic heterocycles. The molecule has 0 unspecified atom stereocenters. The summed E-state index contributed by atoms with van der Waals surface area (Å²) < 4.78 is 13.3. The van der Waals surface area contributed by atoms with Crippen LogP contribution in [0.5, 0.6) is 0 Å². The highest BCUT2D eigenvalue weighted by Gasteiger charge is 2.42. The number of ether oxygens (including phenoxy) is 2. The number of carbonyl (C=O) groups excluding carboxylic acids is 2. The molecule has 8 nitrogen and oxygen atoms in total. The van der Waals surface area contributed by atoms with E-state index >= 15 is 0 Å². The SMILES string of the molecule is O=C1CCCC(O)=C1C(=O)c1cnc(C2CC2)n(C2CCC3(CC2)OCCO3)c1=O. The van der Waals surface area contributed by atoms with Crippen molar-refractivity contribution in [1.29, 1.82) is 0 Å². The first kappa shape index (κ1) is 19.6. The summed E-state index contributed by atoms with van der Waals surface area (Å²) in [7, 11) is 0. The van der Waals surface area contributed by atoms with Crippen LogP contribution >= 0.6 is 0 Å². The lowest BCUT2D eigenvalue weighted by atomic mass is 9.89. The molecule has 0 atom stereocenters. The summed E-state index contributed by atoms with van der Waals surface area (Å²) in [6.45, 7) is 1.19. The maximum atomic E-state index is 13.5. The first-order valence-corrected chi connectivity index (χ1v) is 10.9. The van der Waals surface area contributed by atoms with Crippen molar-refractivity contribution in [3.8, 4) is 0 Å². The van der Waals surface area contributed by atoms with Crippen molar-refractivity contribution >= 4 is 11.6 Å². The van der Waals surface area contributed by atoms with Crippen molar-refractivity contribution in [3.05, 3.63) is 39.3 Å². The Hall–Kier alpha value is -2.32. The molecule has 0 radical (unpaired) electrons. The summed E-state index contributed by atoms with van der Waals surface area (Å²) in [6.07, 6.45) is 7.03. The minimum atomic E-state index is -0.708. The largest absolute Gasteiger partial charge is 0.511 e. The van der Waals surface area contributed by atoms with Crippen LogP contribution in [0.3, 0.4) is 0 Å². The summed E-state index contributed by atoms with van der Waals surface area (Å²) in [6, 6.07) is -0.0867. The molecule has 30 heavy (non-hydrogen) atoms. The van der Waals surface area contributed by atoms with Gasteiger partial charge in [0.25, 0.3) is 5.56 Å². The number of Topliss-reactive ketones (excluding diaryl/α,β-unsaturated/α-hetero) is 2. The molecule has 8 heteroatoms. The van der Waals surface area contributed by atoms with E-state index in [4.69, 9.17) is 9.47 Å². The number of hydrogen-bond donors (Lipinski definition) is 1. The summed E-state index contributed by atoms with van der Waals surface area (Å²) in [5.41, 5.74) is -0.796. The molecule has 1 saturated heterocycles. The van der Waals surface area contributed by atoms with E-state index in [1.54, 1.807) is 4.57 Å². The predicted molar refractivity (Wildman–Crippen MR) is 105 cm³/mol. The quantitative estimate of drug-likeness (QED) is 0.596. The summed E-state index contributed by atoms with van der Waals surface area (Å²) in [5, 5.41) is 10.1. The molecule has 1 aromatic rings. The standard InChI is InChI=1S/C22H26N2O6/c25-16-2-1-3-17(26)18(16)19(27)15-12-23-20(13-4-5-13)24(21(15)28)14-6-8-22(9-7-14)29-10-11-30-22/h12-14,25H,1-11H2. The fraction of sp³-hybridized carbons (Fsp3) is 0.636. The smallest absolute Gasteiger partial charge is 0.265 e. The van der Waals surface area contributed by atoms with Crippen LogP contribution in [0.2, 0.25) is 0 Å². The lowest BCUT2D eigenvalue weighted by Gasteiger charge is -2.36. The first-order valence-electron chi connectivity index (χ1n) is 10.9. The van der Waals surface area contributed by atoms with Crippen LogP contribution in [-0.2, 0) is 14.3 Å². The van der Waals surface area contributed by atoms with Crippen molar-refractivity contribution in [2.75, 3.05) is 13.2 Å². The summed E-state index contributed by atoms with van der Waals surface area (Å²) in [5.74, 6) is -0.911. The van der Waals surface area contributed by atoms with Gasteiger partial charge in [-0.1, -0.05) is 0 Å². The lowest BCUT2D eigenvalue weighted by molar-refractivity contribution is -0.181. The Morgan fingerprint density at radius 3 is 2.43 bits per heavy atom.